The van der Waals surface area contributed by atoms with Gasteiger partial charge in [0, 0.05) is 25.8 Å². The van der Waals surface area contributed by atoms with E-state index in [9.17, 15) is 5.26 Å². The van der Waals surface area contributed by atoms with E-state index < -0.39 is 0 Å². The Morgan fingerprint density at radius 2 is 2.19 bits per heavy atom. The van der Waals surface area contributed by atoms with E-state index in [1.807, 2.05) is 28.8 Å². The predicted octanol–water partition coefficient (Wildman–Crippen LogP) is 1.34. The van der Waals surface area contributed by atoms with Crippen LogP contribution < -0.4 is 5.32 Å². The number of pyridine rings is 1. The highest BCUT2D eigenvalue weighted by Crippen LogP contribution is 2.16. The van der Waals surface area contributed by atoms with E-state index in [4.69, 9.17) is 4.74 Å². The summed E-state index contributed by atoms with van der Waals surface area (Å²) in [5.41, 5.74) is 1.36. The van der Waals surface area contributed by atoms with Crippen molar-refractivity contribution < 1.29 is 4.74 Å². The lowest BCUT2D eigenvalue weighted by Crippen LogP contribution is -2.37. The number of morpholine rings is 1. The molecule has 0 spiro atoms. The average Bonchev–Trinajstić information content (AvgIpc) is 2.90. The first-order valence-electron chi connectivity index (χ1n) is 7.29. The molecule has 1 fully saturated rings. The van der Waals surface area contributed by atoms with Crippen molar-refractivity contribution in [3.05, 3.63) is 30.1 Å². The molecule has 0 unspecified atom stereocenters. The summed E-state index contributed by atoms with van der Waals surface area (Å²) in [6, 6.07) is 7.95. The van der Waals surface area contributed by atoms with Gasteiger partial charge in [0.15, 0.2) is 11.5 Å². The Morgan fingerprint density at radius 1 is 1.33 bits per heavy atom. The zero-order valence-corrected chi connectivity index (χ0v) is 12.0. The van der Waals surface area contributed by atoms with Crippen LogP contribution in [0.5, 0.6) is 0 Å². The molecular formula is C15H19N5O. The summed E-state index contributed by atoms with van der Waals surface area (Å²) in [5.74, 6) is 0.672. The van der Waals surface area contributed by atoms with Gasteiger partial charge in [-0.3, -0.25) is 9.30 Å². The van der Waals surface area contributed by atoms with Crippen LogP contribution in [0.1, 0.15) is 12.1 Å². The lowest BCUT2D eigenvalue weighted by Gasteiger charge is -2.26. The average molecular weight is 285 g/mol. The van der Waals surface area contributed by atoms with Crippen LogP contribution in [-0.4, -0.2) is 53.7 Å². The van der Waals surface area contributed by atoms with Gasteiger partial charge in [0.1, 0.15) is 11.7 Å². The number of nitrogens with zero attached hydrogens (tertiary/aromatic N) is 4. The zero-order valence-electron chi connectivity index (χ0n) is 12.0. The van der Waals surface area contributed by atoms with Crippen molar-refractivity contribution in [3.8, 4) is 6.07 Å². The van der Waals surface area contributed by atoms with Gasteiger partial charge in [-0.15, -0.1) is 0 Å². The molecule has 1 aliphatic rings. The van der Waals surface area contributed by atoms with E-state index in [1.165, 1.54) is 0 Å². The number of nitrogens with one attached hydrogen (secondary N) is 1. The van der Waals surface area contributed by atoms with Crippen LogP contribution in [0.15, 0.2) is 24.4 Å². The number of aromatic nitrogens is 2. The molecule has 0 radical (unpaired) electrons. The zero-order chi connectivity index (χ0) is 14.5. The fourth-order valence-corrected chi connectivity index (χ4v) is 2.56. The van der Waals surface area contributed by atoms with E-state index in [1.54, 1.807) is 0 Å². The second-order valence-electron chi connectivity index (χ2n) is 5.08. The van der Waals surface area contributed by atoms with Gasteiger partial charge >= 0.3 is 0 Å². The molecule has 0 aromatic carbocycles. The van der Waals surface area contributed by atoms with Crippen molar-refractivity contribution in [2.45, 2.75) is 6.42 Å². The molecule has 2 aromatic heterocycles. The SMILES string of the molecule is N#Cc1c(NCCCN2CCOCC2)nc2ccccn12. The number of ether oxygens (including phenoxy) is 1. The fourth-order valence-electron chi connectivity index (χ4n) is 2.56. The summed E-state index contributed by atoms with van der Waals surface area (Å²) >= 11 is 0. The van der Waals surface area contributed by atoms with E-state index in [0.717, 1.165) is 51.5 Å². The van der Waals surface area contributed by atoms with Gasteiger partial charge in [-0.25, -0.2) is 4.98 Å². The van der Waals surface area contributed by atoms with E-state index >= 15 is 0 Å². The van der Waals surface area contributed by atoms with Crippen LogP contribution in [0.2, 0.25) is 0 Å². The van der Waals surface area contributed by atoms with Gasteiger partial charge in [-0.05, 0) is 25.1 Å². The Kier molecular flexibility index (Phi) is 4.34. The maximum absolute atomic E-state index is 9.29. The second-order valence-corrected chi connectivity index (χ2v) is 5.08. The van der Waals surface area contributed by atoms with E-state index in [-0.39, 0.29) is 0 Å². The molecule has 1 aliphatic heterocycles. The predicted molar refractivity (Wildman–Crippen MR) is 80.3 cm³/mol. The monoisotopic (exact) mass is 285 g/mol. The number of fused-ring (bicyclic) bond motifs is 1. The first-order chi connectivity index (χ1) is 10.4. The molecule has 0 aliphatic carbocycles. The minimum Gasteiger partial charge on any atom is -0.379 e. The van der Waals surface area contributed by atoms with Crippen molar-refractivity contribution in [2.75, 3.05) is 44.7 Å². The second kappa shape index (κ2) is 6.57. The molecule has 0 amide bonds. The highest BCUT2D eigenvalue weighted by atomic mass is 16.5. The first kappa shape index (κ1) is 13.9. The van der Waals surface area contributed by atoms with Crippen molar-refractivity contribution in [1.29, 1.82) is 5.26 Å². The molecule has 0 saturated carbocycles. The number of hydrogen-bond donors (Lipinski definition) is 1. The minimum absolute atomic E-state index is 0.567. The van der Waals surface area contributed by atoms with Crippen LogP contribution in [0.4, 0.5) is 5.82 Å². The van der Waals surface area contributed by atoms with Gasteiger partial charge in [-0.1, -0.05) is 6.07 Å². The van der Waals surface area contributed by atoms with E-state index in [2.05, 4.69) is 21.3 Å². The van der Waals surface area contributed by atoms with Gasteiger partial charge in [0.25, 0.3) is 0 Å². The third-order valence-corrected chi connectivity index (χ3v) is 3.68. The molecule has 6 nitrogen and oxygen atoms in total. The molecular weight excluding hydrogens is 266 g/mol. The van der Waals surface area contributed by atoms with Gasteiger partial charge in [0.05, 0.1) is 13.2 Å². The molecule has 0 atom stereocenters. The normalized spacial score (nSPS) is 16.0. The quantitative estimate of drug-likeness (QED) is 0.840. The molecule has 2 aromatic rings. The molecule has 3 heterocycles. The highest BCUT2D eigenvalue weighted by Gasteiger charge is 2.12. The summed E-state index contributed by atoms with van der Waals surface area (Å²) in [5, 5.41) is 12.6. The Bertz CT molecular complexity index is 639. The molecule has 1 N–H and O–H groups in total. The third-order valence-electron chi connectivity index (χ3n) is 3.68. The molecule has 6 heteroatoms. The summed E-state index contributed by atoms with van der Waals surface area (Å²) in [7, 11) is 0. The number of imidazole rings is 1. The summed E-state index contributed by atoms with van der Waals surface area (Å²) in [6.45, 7) is 5.55. The maximum atomic E-state index is 9.29. The van der Waals surface area contributed by atoms with Crippen LogP contribution in [0.3, 0.4) is 0 Å². The maximum Gasteiger partial charge on any atom is 0.168 e. The first-order valence-corrected chi connectivity index (χ1v) is 7.29. The van der Waals surface area contributed by atoms with Gasteiger partial charge in [0.2, 0.25) is 0 Å². The Morgan fingerprint density at radius 3 is 3.00 bits per heavy atom. The van der Waals surface area contributed by atoms with Crippen LogP contribution in [0.25, 0.3) is 5.65 Å². The Balaban J connectivity index is 1.56. The molecule has 21 heavy (non-hydrogen) atoms. The van der Waals surface area contributed by atoms with Crippen LogP contribution in [-0.2, 0) is 4.74 Å². The Hall–Kier alpha value is -2.10. The number of rotatable bonds is 5. The van der Waals surface area contributed by atoms with Crippen molar-refractivity contribution in [3.63, 3.8) is 0 Å². The fraction of sp³-hybridized carbons (Fsp3) is 0.467. The molecule has 3 rings (SSSR count). The third kappa shape index (κ3) is 3.15. The van der Waals surface area contributed by atoms with Crippen molar-refractivity contribution in [2.24, 2.45) is 0 Å². The summed E-state index contributed by atoms with van der Waals surface area (Å²) in [4.78, 5) is 6.87. The highest BCUT2D eigenvalue weighted by molar-refractivity contribution is 5.58. The van der Waals surface area contributed by atoms with Crippen LogP contribution in [0, 0.1) is 11.3 Å². The molecule has 110 valence electrons. The number of nitriles is 1. The summed E-state index contributed by atoms with van der Waals surface area (Å²) < 4.78 is 7.14. The lowest BCUT2D eigenvalue weighted by atomic mass is 10.3. The summed E-state index contributed by atoms with van der Waals surface area (Å²) in [6.07, 6.45) is 2.89. The molecule has 0 bridgehead atoms. The van der Waals surface area contributed by atoms with E-state index in [0.29, 0.717) is 11.5 Å². The van der Waals surface area contributed by atoms with Crippen LogP contribution >= 0.6 is 0 Å². The molecule has 1 saturated heterocycles. The van der Waals surface area contributed by atoms with Crippen molar-refractivity contribution in [1.82, 2.24) is 14.3 Å². The van der Waals surface area contributed by atoms with Gasteiger partial charge in [-0.2, -0.15) is 5.26 Å². The lowest BCUT2D eigenvalue weighted by molar-refractivity contribution is 0.0378. The smallest absolute Gasteiger partial charge is 0.168 e. The van der Waals surface area contributed by atoms with Crippen molar-refractivity contribution >= 4 is 11.5 Å². The number of anilines is 1. The topological polar surface area (TPSA) is 65.6 Å². The minimum atomic E-state index is 0.567. The number of hydrogen-bond acceptors (Lipinski definition) is 5. The van der Waals surface area contributed by atoms with Gasteiger partial charge < -0.3 is 10.1 Å². The Labute approximate surface area is 123 Å². The standard InChI is InChI=1S/C15H19N5O/c16-12-13-15(18-14-4-1-2-7-20(13)14)17-5-3-6-19-8-10-21-11-9-19/h1-2,4,7,17H,3,5-6,8-11H2. The largest absolute Gasteiger partial charge is 0.379 e.